The number of nitrogens with one attached hydrogen (secondary N) is 1. The van der Waals surface area contributed by atoms with Crippen LogP contribution in [0.2, 0.25) is 0 Å². The highest BCUT2D eigenvalue weighted by molar-refractivity contribution is 6.09. The number of nitrogens with zero attached hydrogens (tertiary/aromatic N) is 3. The van der Waals surface area contributed by atoms with Crippen LogP contribution in [-0.4, -0.2) is 19.5 Å². The van der Waals surface area contributed by atoms with Gasteiger partial charge in [-0.25, -0.2) is 9.97 Å². The van der Waals surface area contributed by atoms with Crippen molar-refractivity contribution in [1.29, 1.82) is 0 Å². The second kappa shape index (κ2) is 7.81. The average molecular weight is 461 g/mol. The number of hydrogen-bond donors (Lipinski definition) is 1. The largest absolute Gasteiger partial charge is 0.439 e. The molecule has 6 nitrogen and oxygen atoms in total. The lowest BCUT2D eigenvalue weighted by molar-refractivity contribution is 0.465. The third-order valence-electron chi connectivity index (χ3n) is 6.28. The van der Waals surface area contributed by atoms with Crippen molar-refractivity contribution >= 4 is 32.8 Å². The van der Waals surface area contributed by atoms with E-state index in [0.29, 0.717) is 22.7 Å². The minimum absolute atomic E-state index is 0.00429. The van der Waals surface area contributed by atoms with Gasteiger partial charge in [0.05, 0.1) is 16.6 Å². The Kier molecular flexibility index (Phi) is 4.71. The van der Waals surface area contributed by atoms with Gasteiger partial charge in [0.25, 0.3) is 0 Å². The van der Waals surface area contributed by atoms with Gasteiger partial charge in [0, 0.05) is 41.4 Å². The molecule has 2 aromatic carbocycles. The van der Waals surface area contributed by atoms with Gasteiger partial charge < -0.3 is 9.72 Å². The van der Waals surface area contributed by atoms with Crippen LogP contribution >= 0.6 is 0 Å². The van der Waals surface area contributed by atoms with E-state index in [2.05, 4.69) is 65.6 Å². The Hall–Kier alpha value is -4.45. The Morgan fingerprint density at radius 2 is 1.71 bits per heavy atom. The highest BCUT2D eigenvalue weighted by atomic mass is 16.5. The Bertz CT molecular complexity index is 1790. The molecule has 0 saturated carbocycles. The predicted octanol–water partition coefficient (Wildman–Crippen LogP) is 6.51. The summed E-state index contributed by atoms with van der Waals surface area (Å²) >= 11 is 0. The van der Waals surface area contributed by atoms with Crippen LogP contribution in [-0.2, 0) is 5.41 Å². The van der Waals surface area contributed by atoms with Gasteiger partial charge in [0.2, 0.25) is 11.3 Å². The summed E-state index contributed by atoms with van der Waals surface area (Å²) in [5, 5.41) is 2.26. The highest BCUT2D eigenvalue weighted by Gasteiger charge is 2.18. The number of fused-ring (bicyclic) bond motifs is 4. The van der Waals surface area contributed by atoms with E-state index in [-0.39, 0.29) is 10.8 Å². The van der Waals surface area contributed by atoms with E-state index in [0.717, 1.165) is 27.6 Å². The number of benzene rings is 2. The minimum atomic E-state index is -0.149. The summed E-state index contributed by atoms with van der Waals surface area (Å²) in [7, 11) is 0. The topological polar surface area (TPSA) is 72.8 Å². The summed E-state index contributed by atoms with van der Waals surface area (Å²) in [5.41, 5.74) is 4.16. The lowest BCUT2D eigenvalue weighted by Gasteiger charge is -2.20. The van der Waals surface area contributed by atoms with Crippen molar-refractivity contribution in [3.63, 3.8) is 0 Å². The fourth-order valence-corrected chi connectivity index (χ4v) is 4.48. The van der Waals surface area contributed by atoms with E-state index in [9.17, 15) is 4.79 Å². The van der Waals surface area contributed by atoms with Crippen LogP contribution in [0.15, 0.2) is 90.0 Å². The molecule has 0 aliphatic rings. The molecule has 0 radical (unpaired) electrons. The number of aromatic amines is 1. The van der Waals surface area contributed by atoms with E-state index in [1.807, 2.05) is 30.5 Å². The molecule has 4 heterocycles. The van der Waals surface area contributed by atoms with Crippen molar-refractivity contribution in [2.75, 3.05) is 0 Å². The number of para-hydroxylation sites is 1. The van der Waals surface area contributed by atoms with Crippen LogP contribution in [0, 0.1) is 0 Å². The van der Waals surface area contributed by atoms with Gasteiger partial charge in [-0.05, 0) is 47.4 Å². The first-order valence-electron chi connectivity index (χ1n) is 11.5. The van der Waals surface area contributed by atoms with Crippen molar-refractivity contribution in [3.8, 4) is 17.4 Å². The molecule has 6 rings (SSSR count). The molecule has 0 fully saturated rings. The molecule has 4 aromatic heterocycles. The molecule has 0 aliphatic carbocycles. The Morgan fingerprint density at radius 3 is 2.57 bits per heavy atom. The quantitative estimate of drug-likeness (QED) is 0.327. The number of H-pyrrole nitrogens is 1. The van der Waals surface area contributed by atoms with Crippen molar-refractivity contribution in [1.82, 2.24) is 19.5 Å². The maximum Gasteiger partial charge on any atom is 0.220 e. The summed E-state index contributed by atoms with van der Waals surface area (Å²) in [6.45, 7) is 6.60. The first kappa shape index (κ1) is 21.1. The summed E-state index contributed by atoms with van der Waals surface area (Å²) in [6.07, 6.45) is 3.48. The Morgan fingerprint density at radius 1 is 0.886 bits per heavy atom. The predicted molar refractivity (Wildman–Crippen MR) is 140 cm³/mol. The van der Waals surface area contributed by atoms with Crippen LogP contribution in [0.5, 0.6) is 11.6 Å². The first-order valence-corrected chi connectivity index (χ1v) is 11.5. The molecule has 6 heteroatoms. The van der Waals surface area contributed by atoms with Crippen molar-refractivity contribution < 1.29 is 4.74 Å². The maximum atomic E-state index is 12.2. The maximum absolute atomic E-state index is 12.2. The second-order valence-electron chi connectivity index (χ2n) is 9.67. The SMILES string of the molecule is CC(C)(C)c1ccnc(-n2c3ccccc3c3ccc(Oc4ccc5[nH]ccc(=O)c5n4)cc32)c1. The molecule has 1 N–H and O–H groups in total. The molecular weight excluding hydrogens is 436 g/mol. The molecule has 0 bridgehead atoms. The van der Waals surface area contributed by atoms with E-state index >= 15 is 0 Å². The number of ether oxygens (including phenoxy) is 1. The van der Waals surface area contributed by atoms with E-state index in [1.165, 1.54) is 11.6 Å². The van der Waals surface area contributed by atoms with E-state index < -0.39 is 0 Å². The van der Waals surface area contributed by atoms with Gasteiger partial charge in [-0.15, -0.1) is 0 Å². The molecule has 0 atom stereocenters. The van der Waals surface area contributed by atoms with Gasteiger partial charge in [-0.1, -0.05) is 39.0 Å². The molecule has 0 unspecified atom stereocenters. The Balaban J connectivity index is 1.52. The standard InChI is InChI=1S/C29H24N4O2/c1-29(2,3)18-12-14-31-26(16-18)33-23-7-5-4-6-20(23)21-9-8-19(17-24(21)33)35-27-11-10-22-28(32-27)25(34)13-15-30-22/h4-17H,1-3H3,(H,30,34). The van der Waals surface area contributed by atoms with Gasteiger partial charge in [0.1, 0.15) is 17.1 Å². The molecule has 0 amide bonds. The van der Waals surface area contributed by atoms with Crippen LogP contribution < -0.4 is 10.2 Å². The van der Waals surface area contributed by atoms with Crippen LogP contribution in [0.4, 0.5) is 0 Å². The third kappa shape index (κ3) is 3.64. The minimum Gasteiger partial charge on any atom is -0.439 e. The van der Waals surface area contributed by atoms with Crippen molar-refractivity contribution in [2.24, 2.45) is 0 Å². The zero-order valence-corrected chi connectivity index (χ0v) is 19.7. The van der Waals surface area contributed by atoms with Gasteiger partial charge >= 0.3 is 0 Å². The fraction of sp³-hybridized carbons (Fsp3) is 0.138. The molecule has 0 aliphatic heterocycles. The average Bonchev–Trinajstić information content (AvgIpc) is 3.18. The summed E-state index contributed by atoms with van der Waals surface area (Å²) in [6, 6.07) is 23.6. The lowest BCUT2D eigenvalue weighted by Crippen LogP contribution is -2.12. The van der Waals surface area contributed by atoms with Crippen LogP contribution in [0.1, 0.15) is 26.3 Å². The van der Waals surface area contributed by atoms with Crippen molar-refractivity contribution in [3.05, 3.63) is 101 Å². The van der Waals surface area contributed by atoms with Crippen LogP contribution in [0.3, 0.4) is 0 Å². The van der Waals surface area contributed by atoms with E-state index in [1.54, 1.807) is 18.3 Å². The molecule has 172 valence electrons. The second-order valence-corrected chi connectivity index (χ2v) is 9.67. The van der Waals surface area contributed by atoms with Gasteiger partial charge in [-0.2, -0.15) is 0 Å². The third-order valence-corrected chi connectivity index (χ3v) is 6.28. The van der Waals surface area contributed by atoms with Gasteiger partial charge in [0.15, 0.2) is 0 Å². The number of pyridine rings is 3. The monoisotopic (exact) mass is 460 g/mol. The first-order chi connectivity index (χ1) is 16.9. The molecule has 6 aromatic rings. The smallest absolute Gasteiger partial charge is 0.220 e. The normalized spacial score (nSPS) is 12.0. The number of rotatable bonds is 3. The van der Waals surface area contributed by atoms with E-state index in [4.69, 9.17) is 9.72 Å². The zero-order chi connectivity index (χ0) is 24.2. The molecular formula is C29H24N4O2. The number of aromatic nitrogens is 4. The molecule has 0 spiro atoms. The molecule has 35 heavy (non-hydrogen) atoms. The highest BCUT2D eigenvalue weighted by Crippen LogP contribution is 2.35. The summed E-state index contributed by atoms with van der Waals surface area (Å²) < 4.78 is 8.29. The van der Waals surface area contributed by atoms with Crippen LogP contribution in [0.25, 0.3) is 38.7 Å². The lowest BCUT2D eigenvalue weighted by atomic mass is 9.88. The zero-order valence-electron chi connectivity index (χ0n) is 19.7. The van der Waals surface area contributed by atoms with Gasteiger partial charge in [-0.3, -0.25) is 9.36 Å². The number of hydrogen-bond acceptors (Lipinski definition) is 4. The van der Waals surface area contributed by atoms with Crippen molar-refractivity contribution in [2.45, 2.75) is 26.2 Å². The Labute approximate surface area is 201 Å². The molecule has 0 saturated heterocycles. The summed E-state index contributed by atoms with van der Waals surface area (Å²) in [4.78, 5) is 24.4. The summed E-state index contributed by atoms with van der Waals surface area (Å²) in [5.74, 6) is 1.85. The fourth-order valence-electron chi connectivity index (χ4n) is 4.48.